The Balaban J connectivity index is 1.32. The van der Waals surface area contributed by atoms with Crippen LogP contribution in [0.3, 0.4) is 0 Å². The quantitative estimate of drug-likeness (QED) is 0.723. The van der Waals surface area contributed by atoms with Gasteiger partial charge >= 0.3 is 6.03 Å². The molecule has 0 atom stereocenters. The minimum absolute atomic E-state index is 0.205. The molecule has 0 aromatic carbocycles. The number of amides is 3. The Bertz CT molecular complexity index is 762. The topological polar surface area (TPSA) is 91.6 Å². The van der Waals surface area contributed by atoms with E-state index in [9.17, 15) is 9.59 Å². The van der Waals surface area contributed by atoms with Crippen molar-refractivity contribution in [2.24, 2.45) is 0 Å². The lowest BCUT2D eigenvalue weighted by molar-refractivity contribution is -0.127. The molecule has 3 rings (SSSR count). The van der Waals surface area contributed by atoms with Crippen LogP contribution in [0.4, 0.5) is 4.79 Å². The van der Waals surface area contributed by atoms with E-state index >= 15 is 0 Å². The molecular weight excluding hydrogens is 344 g/mol. The number of hydrogen-bond acceptors (Lipinski definition) is 4. The molecule has 2 aromatic heterocycles. The number of rotatable bonds is 7. The van der Waals surface area contributed by atoms with Gasteiger partial charge in [-0.3, -0.25) is 4.79 Å². The van der Waals surface area contributed by atoms with Crippen molar-refractivity contribution >= 4 is 29.2 Å². The monoisotopic (exact) mass is 364 g/mol. The first-order chi connectivity index (χ1) is 12.1. The first-order valence-corrected chi connectivity index (χ1v) is 8.78. The second-order valence-electron chi connectivity index (χ2n) is 5.99. The number of nitrogens with one attached hydrogen (secondary N) is 2. The van der Waals surface area contributed by atoms with Crippen LogP contribution in [0.15, 0.2) is 18.6 Å². The largest absolute Gasteiger partial charge is 0.343 e. The molecule has 134 valence electrons. The molecule has 3 heterocycles. The zero-order valence-electron chi connectivity index (χ0n) is 13.9. The molecule has 0 aliphatic carbocycles. The summed E-state index contributed by atoms with van der Waals surface area (Å²) < 4.78 is 1.62. The number of nitrogens with zero attached hydrogens (tertiary/aromatic N) is 4. The van der Waals surface area contributed by atoms with Gasteiger partial charge in [0, 0.05) is 45.0 Å². The molecule has 0 radical (unpaired) electrons. The average Bonchev–Trinajstić information content (AvgIpc) is 3.18. The zero-order chi connectivity index (χ0) is 17.6. The van der Waals surface area contributed by atoms with E-state index < -0.39 is 0 Å². The molecule has 2 N–H and O–H groups in total. The predicted molar refractivity (Wildman–Crippen MR) is 93.5 cm³/mol. The Kier molecular flexibility index (Phi) is 5.70. The third kappa shape index (κ3) is 4.60. The lowest BCUT2D eigenvalue weighted by Gasteiger charge is -2.15. The number of hydrogen-bond donors (Lipinski definition) is 2. The number of carbonyl (C=O) groups is 2. The number of carbonyl (C=O) groups excluding carboxylic acids is 2. The number of halogens is 1. The van der Waals surface area contributed by atoms with Gasteiger partial charge in [0.25, 0.3) is 0 Å². The summed E-state index contributed by atoms with van der Waals surface area (Å²) in [6.07, 6.45) is 8.14. The number of likely N-dealkylation sites (tertiary alicyclic amines) is 1. The van der Waals surface area contributed by atoms with Gasteiger partial charge < -0.3 is 15.5 Å². The molecule has 8 nitrogen and oxygen atoms in total. The Labute approximate surface area is 150 Å². The van der Waals surface area contributed by atoms with Crippen molar-refractivity contribution in [1.82, 2.24) is 30.1 Å². The summed E-state index contributed by atoms with van der Waals surface area (Å²) in [6, 6.07) is -0.205. The number of urea groups is 1. The second kappa shape index (κ2) is 8.15. The Morgan fingerprint density at radius 1 is 1.28 bits per heavy atom. The minimum atomic E-state index is -0.205. The van der Waals surface area contributed by atoms with Crippen LogP contribution in [0.1, 0.15) is 24.8 Å². The molecule has 0 unspecified atom stereocenters. The maximum absolute atomic E-state index is 11.8. The smallest absolute Gasteiger partial charge is 0.314 e. The molecule has 0 bridgehead atoms. The Morgan fingerprint density at radius 3 is 2.92 bits per heavy atom. The van der Waals surface area contributed by atoms with Gasteiger partial charge in [0.15, 0.2) is 5.65 Å². The Hall–Kier alpha value is -2.35. The van der Waals surface area contributed by atoms with Crippen molar-refractivity contribution < 1.29 is 9.59 Å². The minimum Gasteiger partial charge on any atom is -0.343 e. The summed E-state index contributed by atoms with van der Waals surface area (Å²) in [5.74, 6) is 0.216. The zero-order valence-corrected chi connectivity index (χ0v) is 14.6. The van der Waals surface area contributed by atoms with Crippen LogP contribution in [0.5, 0.6) is 0 Å². The maximum atomic E-state index is 11.8. The summed E-state index contributed by atoms with van der Waals surface area (Å²) in [5.41, 5.74) is 1.58. The van der Waals surface area contributed by atoms with Gasteiger partial charge in [0.05, 0.1) is 6.20 Å². The van der Waals surface area contributed by atoms with Crippen LogP contribution < -0.4 is 10.6 Å². The molecule has 0 saturated carbocycles. The van der Waals surface area contributed by atoms with Crippen molar-refractivity contribution in [3.05, 3.63) is 29.2 Å². The molecule has 3 amide bonds. The van der Waals surface area contributed by atoms with Gasteiger partial charge in [0.1, 0.15) is 5.02 Å². The molecule has 1 aliphatic heterocycles. The fourth-order valence-electron chi connectivity index (χ4n) is 2.81. The number of aromatic nitrogens is 3. The standard InChI is InChI=1S/C16H21ClN6O2/c17-13-10-21-23-11-12(9-20-15(13)23)4-6-19-16(25)18-5-2-8-22-7-1-3-14(22)24/h9-11H,1-8H2,(H2,18,19,25). The highest BCUT2D eigenvalue weighted by molar-refractivity contribution is 6.33. The fourth-order valence-corrected chi connectivity index (χ4v) is 2.99. The normalized spacial score (nSPS) is 14.3. The van der Waals surface area contributed by atoms with Crippen LogP contribution in [-0.4, -0.2) is 57.6 Å². The first-order valence-electron chi connectivity index (χ1n) is 8.41. The molecule has 0 spiro atoms. The third-order valence-corrected chi connectivity index (χ3v) is 4.39. The van der Waals surface area contributed by atoms with Crippen LogP contribution in [0.25, 0.3) is 5.65 Å². The van der Waals surface area contributed by atoms with E-state index in [2.05, 4.69) is 20.7 Å². The van der Waals surface area contributed by atoms with Gasteiger partial charge in [-0.05, 0) is 24.8 Å². The molecule has 1 aliphatic rings. The van der Waals surface area contributed by atoms with E-state index in [-0.39, 0.29) is 11.9 Å². The van der Waals surface area contributed by atoms with E-state index in [4.69, 9.17) is 11.6 Å². The third-order valence-electron chi connectivity index (χ3n) is 4.13. The molecule has 1 saturated heterocycles. The lowest BCUT2D eigenvalue weighted by atomic mass is 10.2. The first kappa shape index (κ1) is 17.5. The van der Waals surface area contributed by atoms with Gasteiger partial charge in [-0.15, -0.1) is 0 Å². The van der Waals surface area contributed by atoms with Crippen molar-refractivity contribution in [3.8, 4) is 0 Å². The van der Waals surface area contributed by atoms with Crippen LogP contribution >= 0.6 is 11.6 Å². The predicted octanol–water partition coefficient (Wildman–Crippen LogP) is 1.24. The molecule has 2 aromatic rings. The fraction of sp³-hybridized carbons (Fsp3) is 0.500. The summed E-state index contributed by atoms with van der Waals surface area (Å²) in [4.78, 5) is 29.3. The number of fused-ring (bicyclic) bond motifs is 1. The Morgan fingerprint density at radius 2 is 2.12 bits per heavy atom. The molecule has 25 heavy (non-hydrogen) atoms. The SMILES string of the molecule is O=C(NCCCN1CCCC1=O)NCCc1cnc2c(Cl)cnn2c1. The highest BCUT2D eigenvalue weighted by Gasteiger charge is 2.18. The highest BCUT2D eigenvalue weighted by Crippen LogP contribution is 2.14. The van der Waals surface area contributed by atoms with E-state index in [0.29, 0.717) is 43.1 Å². The molecule has 9 heteroatoms. The molecule has 1 fully saturated rings. The molecular formula is C16H21ClN6O2. The summed E-state index contributed by atoms with van der Waals surface area (Å²) in [5, 5.41) is 10.2. The van der Waals surface area contributed by atoms with Crippen LogP contribution in [-0.2, 0) is 11.2 Å². The second-order valence-corrected chi connectivity index (χ2v) is 6.40. The summed E-state index contributed by atoms with van der Waals surface area (Å²) in [6.45, 7) is 2.59. The van der Waals surface area contributed by atoms with Gasteiger partial charge in [0.2, 0.25) is 5.91 Å². The van der Waals surface area contributed by atoms with Crippen molar-refractivity contribution in [1.29, 1.82) is 0 Å². The highest BCUT2D eigenvalue weighted by atomic mass is 35.5. The average molecular weight is 365 g/mol. The van der Waals surface area contributed by atoms with E-state index in [1.165, 1.54) is 0 Å². The lowest BCUT2D eigenvalue weighted by Crippen LogP contribution is -2.38. The van der Waals surface area contributed by atoms with Crippen LogP contribution in [0, 0.1) is 0 Å². The maximum Gasteiger partial charge on any atom is 0.314 e. The van der Waals surface area contributed by atoms with Gasteiger partial charge in [-0.1, -0.05) is 11.6 Å². The van der Waals surface area contributed by atoms with Crippen molar-refractivity contribution in [2.75, 3.05) is 26.2 Å². The van der Waals surface area contributed by atoms with E-state index in [1.807, 2.05) is 11.1 Å². The van der Waals surface area contributed by atoms with E-state index in [0.717, 1.165) is 24.9 Å². The van der Waals surface area contributed by atoms with Gasteiger partial charge in [-0.25, -0.2) is 14.3 Å². The van der Waals surface area contributed by atoms with Crippen molar-refractivity contribution in [2.45, 2.75) is 25.7 Å². The van der Waals surface area contributed by atoms with E-state index in [1.54, 1.807) is 16.9 Å². The summed E-state index contributed by atoms with van der Waals surface area (Å²) >= 11 is 5.95. The summed E-state index contributed by atoms with van der Waals surface area (Å²) in [7, 11) is 0. The van der Waals surface area contributed by atoms with Crippen molar-refractivity contribution in [3.63, 3.8) is 0 Å². The van der Waals surface area contributed by atoms with Gasteiger partial charge in [-0.2, -0.15) is 5.10 Å². The van der Waals surface area contributed by atoms with Crippen LogP contribution in [0.2, 0.25) is 5.02 Å².